The number of nitriles is 1. The molecule has 0 amide bonds. The molecule has 0 spiro atoms. The Bertz CT molecular complexity index is 253. The molecule has 1 unspecified atom stereocenters. The van der Waals surface area contributed by atoms with E-state index in [1.165, 1.54) is 0 Å². The summed E-state index contributed by atoms with van der Waals surface area (Å²) in [6, 6.07) is 1.98. The van der Waals surface area contributed by atoms with Crippen LogP contribution in [0.4, 0.5) is 0 Å². The van der Waals surface area contributed by atoms with Gasteiger partial charge in [-0.2, -0.15) is 5.26 Å². The van der Waals surface area contributed by atoms with Gasteiger partial charge in [0.15, 0.2) is 6.10 Å². The largest absolute Gasteiger partial charge is 0.444 e. The first-order valence-electron chi connectivity index (χ1n) is 5.38. The van der Waals surface area contributed by atoms with Crippen LogP contribution in [0.2, 0.25) is 0 Å². The summed E-state index contributed by atoms with van der Waals surface area (Å²) in [5.74, 6) is -0.475. The second-order valence-electron chi connectivity index (χ2n) is 3.65. The lowest BCUT2D eigenvalue weighted by Gasteiger charge is -2.10. The van der Waals surface area contributed by atoms with Crippen molar-refractivity contribution in [2.24, 2.45) is 0 Å². The number of carbonyl (C=O) groups is 1. The van der Waals surface area contributed by atoms with Gasteiger partial charge in [0, 0.05) is 5.57 Å². The van der Waals surface area contributed by atoms with Crippen molar-refractivity contribution in [1.82, 2.24) is 0 Å². The van der Waals surface area contributed by atoms with Crippen molar-refractivity contribution in [3.63, 3.8) is 0 Å². The number of hydrogen-bond donors (Lipinski definition) is 0. The fraction of sp³-hybridized carbons (Fsp3) is 0.667. The molecule has 0 fully saturated rings. The van der Waals surface area contributed by atoms with E-state index >= 15 is 0 Å². The molecule has 1 atom stereocenters. The zero-order chi connectivity index (χ0) is 11.7. The fourth-order valence-electron chi connectivity index (χ4n) is 1.14. The molecular weight excluding hydrogens is 190 g/mol. The third-order valence-electron chi connectivity index (χ3n) is 2.06. The highest BCUT2D eigenvalue weighted by atomic mass is 16.5. The van der Waals surface area contributed by atoms with Gasteiger partial charge in [0.1, 0.15) is 6.07 Å². The van der Waals surface area contributed by atoms with Crippen LogP contribution in [-0.4, -0.2) is 12.1 Å². The van der Waals surface area contributed by atoms with Gasteiger partial charge >= 0.3 is 5.97 Å². The van der Waals surface area contributed by atoms with Crippen molar-refractivity contribution < 1.29 is 9.53 Å². The zero-order valence-electron chi connectivity index (χ0n) is 9.58. The van der Waals surface area contributed by atoms with E-state index in [1.54, 1.807) is 6.92 Å². The Morgan fingerprint density at radius 1 is 1.47 bits per heavy atom. The lowest BCUT2D eigenvalue weighted by Crippen LogP contribution is -2.16. The summed E-state index contributed by atoms with van der Waals surface area (Å²) >= 11 is 0. The van der Waals surface area contributed by atoms with Crippen LogP contribution >= 0.6 is 0 Å². The van der Waals surface area contributed by atoms with Gasteiger partial charge in [0.25, 0.3) is 0 Å². The predicted octanol–water partition coefficient (Wildman–Crippen LogP) is 2.97. The van der Waals surface area contributed by atoms with Gasteiger partial charge in [0.05, 0.1) is 0 Å². The van der Waals surface area contributed by atoms with E-state index in [0.29, 0.717) is 12.0 Å². The molecule has 0 aliphatic heterocycles. The van der Waals surface area contributed by atoms with E-state index in [4.69, 9.17) is 10.00 Å². The molecule has 15 heavy (non-hydrogen) atoms. The molecule has 0 aromatic rings. The van der Waals surface area contributed by atoms with Crippen molar-refractivity contribution in [3.05, 3.63) is 12.2 Å². The van der Waals surface area contributed by atoms with E-state index in [0.717, 1.165) is 25.7 Å². The molecule has 0 aliphatic carbocycles. The highest BCUT2D eigenvalue weighted by Crippen LogP contribution is 2.09. The third kappa shape index (κ3) is 6.73. The van der Waals surface area contributed by atoms with Gasteiger partial charge in [-0.15, -0.1) is 0 Å². The Balaban J connectivity index is 3.79. The van der Waals surface area contributed by atoms with Gasteiger partial charge in [-0.05, 0) is 19.8 Å². The van der Waals surface area contributed by atoms with Crippen LogP contribution in [0.25, 0.3) is 0 Å². The van der Waals surface area contributed by atoms with Crippen molar-refractivity contribution >= 4 is 5.97 Å². The van der Waals surface area contributed by atoms with Crippen LogP contribution in [0, 0.1) is 11.3 Å². The number of carbonyl (C=O) groups excluding carboxylic acids is 1. The Morgan fingerprint density at radius 3 is 2.60 bits per heavy atom. The van der Waals surface area contributed by atoms with Gasteiger partial charge in [-0.25, -0.2) is 4.79 Å². The van der Waals surface area contributed by atoms with Crippen LogP contribution < -0.4 is 0 Å². The predicted molar refractivity (Wildman–Crippen MR) is 59.1 cm³/mol. The van der Waals surface area contributed by atoms with E-state index in [2.05, 4.69) is 13.5 Å². The lowest BCUT2D eigenvalue weighted by molar-refractivity contribution is -0.142. The van der Waals surface area contributed by atoms with Gasteiger partial charge in [0.2, 0.25) is 0 Å². The summed E-state index contributed by atoms with van der Waals surface area (Å²) in [6.45, 7) is 7.17. The molecule has 3 heteroatoms. The average Bonchev–Trinajstić information content (AvgIpc) is 2.22. The molecule has 0 saturated heterocycles. The molecule has 0 aromatic carbocycles. The average molecular weight is 209 g/mol. The SMILES string of the molecule is C=C(C)C(=O)OC(C#N)CCCCCC. The molecular formula is C12H19NO2. The van der Waals surface area contributed by atoms with Gasteiger partial charge in [-0.3, -0.25) is 0 Å². The summed E-state index contributed by atoms with van der Waals surface area (Å²) < 4.78 is 4.94. The van der Waals surface area contributed by atoms with Crippen LogP contribution in [-0.2, 0) is 9.53 Å². The number of unbranched alkanes of at least 4 members (excludes halogenated alkanes) is 3. The molecule has 0 aromatic heterocycles. The molecule has 0 N–H and O–H groups in total. The Hall–Kier alpha value is -1.30. The number of nitrogens with zero attached hydrogens (tertiary/aromatic N) is 1. The Kier molecular flexibility index (Phi) is 7.35. The first-order chi connectivity index (χ1) is 7.11. The highest BCUT2D eigenvalue weighted by molar-refractivity contribution is 5.87. The minimum Gasteiger partial charge on any atom is -0.444 e. The number of ether oxygens (including phenoxy) is 1. The standard InChI is InChI=1S/C12H19NO2/c1-4-5-6-7-8-11(9-13)15-12(14)10(2)3/h11H,2,4-8H2,1,3H3. The van der Waals surface area contributed by atoms with Crippen molar-refractivity contribution in [1.29, 1.82) is 5.26 Å². The van der Waals surface area contributed by atoms with Gasteiger partial charge in [-0.1, -0.05) is 32.8 Å². The minimum absolute atomic E-state index is 0.337. The summed E-state index contributed by atoms with van der Waals surface area (Å²) in [7, 11) is 0. The lowest BCUT2D eigenvalue weighted by atomic mass is 10.1. The molecule has 0 rings (SSSR count). The summed E-state index contributed by atoms with van der Waals surface area (Å²) in [4.78, 5) is 11.1. The number of rotatable bonds is 7. The maximum Gasteiger partial charge on any atom is 0.334 e. The van der Waals surface area contributed by atoms with Crippen LogP contribution in [0.3, 0.4) is 0 Å². The second-order valence-corrected chi connectivity index (χ2v) is 3.65. The van der Waals surface area contributed by atoms with Crippen molar-refractivity contribution in [2.45, 2.75) is 52.1 Å². The van der Waals surface area contributed by atoms with Gasteiger partial charge < -0.3 is 4.74 Å². The van der Waals surface area contributed by atoms with E-state index in [1.807, 2.05) is 6.07 Å². The maximum absolute atomic E-state index is 11.1. The second kappa shape index (κ2) is 8.05. The summed E-state index contributed by atoms with van der Waals surface area (Å²) in [5, 5.41) is 8.76. The van der Waals surface area contributed by atoms with E-state index in [9.17, 15) is 4.79 Å². The van der Waals surface area contributed by atoms with Crippen LogP contribution in [0.1, 0.15) is 46.0 Å². The minimum atomic E-state index is -0.619. The topological polar surface area (TPSA) is 50.1 Å². The molecule has 0 aliphatic rings. The molecule has 0 heterocycles. The molecule has 0 radical (unpaired) electrons. The third-order valence-corrected chi connectivity index (χ3v) is 2.06. The van der Waals surface area contributed by atoms with Crippen molar-refractivity contribution in [2.75, 3.05) is 0 Å². The first kappa shape index (κ1) is 13.7. The van der Waals surface area contributed by atoms with Crippen LogP contribution in [0.5, 0.6) is 0 Å². The van der Waals surface area contributed by atoms with E-state index < -0.39 is 12.1 Å². The van der Waals surface area contributed by atoms with Crippen molar-refractivity contribution in [3.8, 4) is 6.07 Å². The summed E-state index contributed by atoms with van der Waals surface area (Å²) in [6.07, 6.45) is 4.32. The molecule has 3 nitrogen and oxygen atoms in total. The zero-order valence-corrected chi connectivity index (χ0v) is 9.58. The maximum atomic E-state index is 11.1. The van der Waals surface area contributed by atoms with Crippen LogP contribution in [0.15, 0.2) is 12.2 Å². The normalized spacial score (nSPS) is 11.5. The van der Waals surface area contributed by atoms with E-state index in [-0.39, 0.29) is 0 Å². The number of esters is 1. The first-order valence-corrected chi connectivity index (χ1v) is 5.38. The number of hydrogen-bond acceptors (Lipinski definition) is 3. The molecule has 84 valence electrons. The monoisotopic (exact) mass is 209 g/mol. The Labute approximate surface area is 91.7 Å². The Morgan fingerprint density at radius 2 is 2.13 bits per heavy atom. The molecule has 0 saturated carbocycles. The quantitative estimate of drug-likeness (QED) is 0.368. The molecule has 0 bridgehead atoms. The smallest absolute Gasteiger partial charge is 0.334 e. The highest BCUT2D eigenvalue weighted by Gasteiger charge is 2.13. The fourth-order valence-corrected chi connectivity index (χ4v) is 1.14. The summed E-state index contributed by atoms with van der Waals surface area (Å²) in [5.41, 5.74) is 0.337.